The van der Waals surface area contributed by atoms with Crippen molar-refractivity contribution in [2.45, 2.75) is 24.8 Å². The normalized spacial score (nSPS) is 13.2. The van der Waals surface area contributed by atoms with Crippen molar-refractivity contribution < 1.29 is 17.6 Å². The zero-order valence-electron chi connectivity index (χ0n) is 13.2. The van der Waals surface area contributed by atoms with Gasteiger partial charge in [-0.25, -0.2) is 8.42 Å². The van der Waals surface area contributed by atoms with Crippen molar-refractivity contribution in [1.82, 2.24) is 5.32 Å². The first-order valence-corrected chi connectivity index (χ1v) is 9.00. The van der Waals surface area contributed by atoms with Gasteiger partial charge in [-0.1, -0.05) is 12.1 Å². The van der Waals surface area contributed by atoms with Crippen molar-refractivity contribution in [1.29, 1.82) is 0 Å². The Balaban J connectivity index is 1.99. The molecule has 0 radical (unpaired) electrons. The van der Waals surface area contributed by atoms with Crippen LogP contribution in [0.1, 0.15) is 30.0 Å². The van der Waals surface area contributed by atoms with Crippen LogP contribution in [-0.2, 0) is 14.6 Å². The van der Waals surface area contributed by atoms with Gasteiger partial charge in [-0.3, -0.25) is 4.79 Å². The first-order chi connectivity index (χ1) is 10.8. The summed E-state index contributed by atoms with van der Waals surface area (Å²) < 4.78 is 28.2. The van der Waals surface area contributed by atoms with Crippen molar-refractivity contribution in [2.24, 2.45) is 0 Å². The fourth-order valence-electron chi connectivity index (χ4n) is 2.05. The van der Waals surface area contributed by atoms with E-state index in [1.54, 1.807) is 24.3 Å². The number of sulfone groups is 1. The lowest BCUT2D eigenvalue weighted by atomic mass is 10.1. The third-order valence-corrected chi connectivity index (χ3v) is 4.46. The maximum atomic E-state index is 11.9. The molecule has 5 nitrogen and oxygen atoms in total. The molecule has 2 aromatic rings. The number of hydrogen-bond acceptors (Lipinski definition) is 4. The van der Waals surface area contributed by atoms with Gasteiger partial charge in [0.1, 0.15) is 11.5 Å². The summed E-state index contributed by atoms with van der Waals surface area (Å²) in [5.74, 6) is 1.14. The molecule has 0 aliphatic rings. The van der Waals surface area contributed by atoms with Gasteiger partial charge >= 0.3 is 0 Å². The van der Waals surface area contributed by atoms with E-state index in [0.717, 1.165) is 17.6 Å². The molecule has 122 valence electrons. The third-order valence-electron chi connectivity index (χ3n) is 3.33. The molecular formula is C17H19NO4S. The van der Waals surface area contributed by atoms with Gasteiger partial charge in [-0.05, 0) is 49.8 Å². The van der Waals surface area contributed by atoms with Crippen LogP contribution >= 0.6 is 0 Å². The molecule has 0 aliphatic heterocycles. The topological polar surface area (TPSA) is 76.4 Å². The Bertz CT molecular complexity index is 817. The molecule has 0 saturated carbocycles. The first-order valence-electron chi connectivity index (χ1n) is 7.11. The molecule has 0 saturated heterocycles. The second-order valence-corrected chi connectivity index (χ2v) is 7.37. The van der Waals surface area contributed by atoms with E-state index in [-0.39, 0.29) is 16.8 Å². The lowest BCUT2D eigenvalue weighted by molar-refractivity contribution is -0.117. The minimum atomic E-state index is -3.21. The summed E-state index contributed by atoms with van der Waals surface area (Å²) >= 11 is 0. The van der Waals surface area contributed by atoms with Crippen molar-refractivity contribution in [3.8, 4) is 0 Å². The fourth-order valence-corrected chi connectivity index (χ4v) is 2.68. The molecule has 1 aromatic heterocycles. The zero-order valence-corrected chi connectivity index (χ0v) is 14.1. The Morgan fingerprint density at radius 2 is 1.83 bits per heavy atom. The van der Waals surface area contributed by atoms with Crippen molar-refractivity contribution in [2.75, 3.05) is 6.26 Å². The highest BCUT2D eigenvalue weighted by atomic mass is 32.2. The summed E-state index contributed by atoms with van der Waals surface area (Å²) in [4.78, 5) is 12.2. The van der Waals surface area contributed by atoms with Gasteiger partial charge in [0.2, 0.25) is 5.91 Å². The largest absolute Gasteiger partial charge is 0.462 e. The number of amides is 1. The first kappa shape index (κ1) is 17.0. The Morgan fingerprint density at radius 3 is 2.35 bits per heavy atom. The molecule has 23 heavy (non-hydrogen) atoms. The molecule has 0 fully saturated rings. The standard InChI is InChI=1S/C17H19NO4S/c1-12-4-7-15(22-12)8-11-17(19)18-13(2)14-5-9-16(10-6-14)23(3,20)21/h4-11,13H,1-3H3,(H,18,19)/b11-8+. The molecule has 1 N–H and O–H groups in total. The average Bonchev–Trinajstić information content (AvgIpc) is 2.90. The molecule has 6 heteroatoms. The molecule has 1 aromatic carbocycles. The van der Waals surface area contributed by atoms with Crippen molar-refractivity contribution >= 4 is 21.8 Å². The lowest BCUT2D eigenvalue weighted by Gasteiger charge is -2.13. The van der Waals surface area contributed by atoms with Crippen LogP contribution in [0.3, 0.4) is 0 Å². The highest BCUT2D eigenvalue weighted by molar-refractivity contribution is 7.90. The van der Waals surface area contributed by atoms with Crippen LogP contribution in [0.15, 0.2) is 51.8 Å². The van der Waals surface area contributed by atoms with Gasteiger partial charge in [-0.15, -0.1) is 0 Å². The van der Waals surface area contributed by atoms with Crippen LogP contribution in [0.5, 0.6) is 0 Å². The van der Waals surface area contributed by atoms with Gasteiger partial charge < -0.3 is 9.73 Å². The molecule has 0 spiro atoms. The highest BCUT2D eigenvalue weighted by Crippen LogP contribution is 2.16. The fraction of sp³-hybridized carbons (Fsp3) is 0.235. The number of furan rings is 1. The summed E-state index contributed by atoms with van der Waals surface area (Å²) in [6.07, 6.45) is 4.16. The van der Waals surface area contributed by atoms with Crippen LogP contribution in [-0.4, -0.2) is 20.6 Å². The molecule has 1 amide bonds. The maximum Gasteiger partial charge on any atom is 0.244 e. The maximum absolute atomic E-state index is 11.9. The number of carbonyl (C=O) groups is 1. The van der Waals surface area contributed by atoms with Gasteiger partial charge in [-0.2, -0.15) is 0 Å². The van der Waals surface area contributed by atoms with Crippen molar-refractivity contribution in [3.05, 3.63) is 59.6 Å². The smallest absolute Gasteiger partial charge is 0.244 e. The van der Waals surface area contributed by atoms with Gasteiger partial charge in [0.05, 0.1) is 10.9 Å². The molecule has 0 aliphatic carbocycles. The van der Waals surface area contributed by atoms with E-state index in [9.17, 15) is 13.2 Å². The number of carbonyl (C=O) groups excluding carboxylic acids is 1. The lowest BCUT2D eigenvalue weighted by Crippen LogP contribution is -2.24. The van der Waals surface area contributed by atoms with Crippen molar-refractivity contribution in [3.63, 3.8) is 0 Å². The molecule has 2 rings (SSSR count). The van der Waals surface area contributed by atoms with Crippen LogP contribution in [0, 0.1) is 6.92 Å². The SMILES string of the molecule is Cc1ccc(/C=C/C(=O)NC(C)c2ccc(S(C)(=O)=O)cc2)o1. The molecule has 1 heterocycles. The number of benzene rings is 1. The Morgan fingerprint density at radius 1 is 1.17 bits per heavy atom. The predicted octanol–water partition coefficient (Wildman–Crippen LogP) is 2.88. The number of nitrogens with one attached hydrogen (secondary N) is 1. The third kappa shape index (κ3) is 4.82. The second kappa shape index (κ2) is 6.83. The van der Waals surface area contributed by atoms with E-state index in [2.05, 4.69) is 5.32 Å². The number of aryl methyl sites for hydroxylation is 1. The molecule has 1 atom stereocenters. The molecule has 0 bridgehead atoms. The Kier molecular flexibility index (Phi) is 5.05. The van der Waals surface area contributed by atoms with Crippen LogP contribution in [0.25, 0.3) is 6.08 Å². The molecular weight excluding hydrogens is 314 g/mol. The second-order valence-electron chi connectivity index (χ2n) is 5.35. The average molecular weight is 333 g/mol. The van der Waals surface area contributed by atoms with E-state index < -0.39 is 9.84 Å². The summed E-state index contributed by atoms with van der Waals surface area (Å²) in [6, 6.07) is 9.83. The summed E-state index contributed by atoms with van der Waals surface area (Å²) in [7, 11) is -3.21. The molecule has 1 unspecified atom stereocenters. The zero-order chi connectivity index (χ0) is 17.0. The van der Waals surface area contributed by atoms with Crippen LogP contribution < -0.4 is 5.32 Å². The quantitative estimate of drug-likeness (QED) is 0.854. The Hall–Kier alpha value is -2.34. The van der Waals surface area contributed by atoms with Crippen LogP contribution in [0.4, 0.5) is 0 Å². The van der Waals surface area contributed by atoms with E-state index >= 15 is 0 Å². The summed E-state index contributed by atoms with van der Waals surface area (Å²) in [5.41, 5.74) is 0.827. The minimum absolute atomic E-state index is 0.237. The van der Waals surface area contributed by atoms with Gasteiger partial charge in [0, 0.05) is 12.3 Å². The number of rotatable bonds is 5. The van der Waals surface area contributed by atoms with Gasteiger partial charge in [0.25, 0.3) is 0 Å². The summed E-state index contributed by atoms with van der Waals surface area (Å²) in [6.45, 7) is 3.66. The van der Waals surface area contributed by atoms with E-state index in [1.165, 1.54) is 18.2 Å². The van der Waals surface area contributed by atoms with Gasteiger partial charge in [0.15, 0.2) is 9.84 Å². The van der Waals surface area contributed by atoms with E-state index in [1.807, 2.05) is 19.9 Å². The monoisotopic (exact) mass is 333 g/mol. The highest BCUT2D eigenvalue weighted by Gasteiger charge is 2.10. The van der Waals surface area contributed by atoms with Crippen LogP contribution in [0.2, 0.25) is 0 Å². The van der Waals surface area contributed by atoms with E-state index in [4.69, 9.17) is 4.42 Å². The van der Waals surface area contributed by atoms with E-state index in [0.29, 0.717) is 5.76 Å². The summed E-state index contributed by atoms with van der Waals surface area (Å²) in [5, 5.41) is 2.81. The predicted molar refractivity (Wildman–Crippen MR) is 88.6 cm³/mol. The minimum Gasteiger partial charge on any atom is -0.462 e. The Labute approximate surface area is 135 Å². The number of hydrogen-bond donors (Lipinski definition) is 1.